The summed E-state index contributed by atoms with van der Waals surface area (Å²) in [4.78, 5) is 0. The van der Waals surface area contributed by atoms with E-state index in [1.54, 1.807) is 13.2 Å². The highest BCUT2D eigenvalue weighted by molar-refractivity contribution is 6.32. The monoisotopic (exact) mass is 199 g/mol. The van der Waals surface area contributed by atoms with Crippen LogP contribution in [0, 0.1) is 0 Å². The summed E-state index contributed by atoms with van der Waals surface area (Å²) >= 11 is 5.96. The largest absolute Gasteiger partial charge is 0.495 e. The van der Waals surface area contributed by atoms with Gasteiger partial charge >= 0.3 is 0 Å². The minimum absolute atomic E-state index is 0.434. The number of methoxy groups -OCH3 is 1. The Morgan fingerprint density at radius 2 is 2.00 bits per heavy atom. The van der Waals surface area contributed by atoms with E-state index in [-0.39, 0.29) is 0 Å². The Balaban J connectivity index is 3.29. The van der Waals surface area contributed by atoms with Crippen LogP contribution in [0.2, 0.25) is 5.02 Å². The second-order valence-corrected chi connectivity index (χ2v) is 3.95. The van der Waals surface area contributed by atoms with Crippen molar-refractivity contribution in [3.8, 4) is 5.75 Å². The molecule has 0 atom stereocenters. The van der Waals surface area contributed by atoms with E-state index in [2.05, 4.69) is 0 Å². The number of para-hydroxylation sites is 1. The van der Waals surface area contributed by atoms with Crippen molar-refractivity contribution in [1.29, 1.82) is 0 Å². The van der Waals surface area contributed by atoms with Crippen LogP contribution >= 0.6 is 11.6 Å². The number of benzene rings is 1. The lowest BCUT2D eigenvalue weighted by molar-refractivity contribution is 0.395. The molecular weight excluding hydrogens is 186 g/mol. The molecule has 2 nitrogen and oxygen atoms in total. The molecular formula is C10H14ClNO. The number of ether oxygens (including phenoxy) is 1. The van der Waals surface area contributed by atoms with Crippen molar-refractivity contribution in [2.45, 2.75) is 19.4 Å². The van der Waals surface area contributed by atoms with Crippen LogP contribution in [0.5, 0.6) is 5.75 Å². The van der Waals surface area contributed by atoms with Crippen molar-refractivity contribution in [3.63, 3.8) is 0 Å². The molecule has 0 aromatic heterocycles. The Bertz CT molecular complexity index is 304. The maximum Gasteiger partial charge on any atom is 0.142 e. The van der Waals surface area contributed by atoms with Crippen molar-refractivity contribution in [2.75, 3.05) is 7.11 Å². The lowest BCUT2D eigenvalue weighted by atomic mass is 9.95. The highest BCUT2D eigenvalue weighted by atomic mass is 35.5. The molecule has 1 aromatic rings. The van der Waals surface area contributed by atoms with Gasteiger partial charge in [0.2, 0.25) is 0 Å². The predicted octanol–water partition coefficient (Wildman–Crippen LogP) is 2.54. The first-order chi connectivity index (χ1) is 5.96. The van der Waals surface area contributed by atoms with E-state index in [9.17, 15) is 0 Å². The van der Waals surface area contributed by atoms with Gasteiger partial charge in [0.1, 0.15) is 5.75 Å². The third kappa shape index (κ3) is 2.14. The summed E-state index contributed by atoms with van der Waals surface area (Å²) < 4.78 is 5.19. The Kier molecular flexibility index (Phi) is 2.84. The Morgan fingerprint density at radius 3 is 2.38 bits per heavy atom. The topological polar surface area (TPSA) is 35.2 Å². The molecule has 0 radical (unpaired) electrons. The number of hydrogen-bond acceptors (Lipinski definition) is 2. The van der Waals surface area contributed by atoms with Gasteiger partial charge in [-0.1, -0.05) is 23.7 Å². The van der Waals surface area contributed by atoms with Gasteiger partial charge in [-0.25, -0.2) is 0 Å². The molecule has 13 heavy (non-hydrogen) atoms. The fourth-order valence-corrected chi connectivity index (χ4v) is 1.48. The van der Waals surface area contributed by atoms with E-state index in [4.69, 9.17) is 22.1 Å². The molecule has 72 valence electrons. The SMILES string of the molecule is COc1c(Cl)cccc1C(C)(C)N. The van der Waals surface area contributed by atoms with E-state index in [0.29, 0.717) is 10.8 Å². The average molecular weight is 200 g/mol. The molecule has 0 unspecified atom stereocenters. The van der Waals surface area contributed by atoms with Crippen LogP contribution < -0.4 is 10.5 Å². The number of halogens is 1. The van der Waals surface area contributed by atoms with Gasteiger partial charge in [-0.05, 0) is 19.9 Å². The summed E-state index contributed by atoms with van der Waals surface area (Å²) in [5.74, 6) is 0.664. The molecule has 0 spiro atoms. The number of rotatable bonds is 2. The highest BCUT2D eigenvalue weighted by Crippen LogP contribution is 2.33. The van der Waals surface area contributed by atoms with E-state index >= 15 is 0 Å². The van der Waals surface area contributed by atoms with Gasteiger partial charge in [-0.15, -0.1) is 0 Å². The molecule has 0 aliphatic rings. The molecule has 3 heteroatoms. The number of nitrogens with two attached hydrogens (primary N) is 1. The van der Waals surface area contributed by atoms with Crippen LogP contribution in [-0.4, -0.2) is 7.11 Å². The standard InChI is InChI=1S/C10H14ClNO/c1-10(2,12)7-5-4-6-8(11)9(7)13-3/h4-6H,12H2,1-3H3. The highest BCUT2D eigenvalue weighted by Gasteiger charge is 2.20. The first-order valence-corrected chi connectivity index (χ1v) is 4.46. The lowest BCUT2D eigenvalue weighted by Gasteiger charge is -2.22. The maximum atomic E-state index is 5.96. The Morgan fingerprint density at radius 1 is 1.38 bits per heavy atom. The summed E-state index contributed by atoms with van der Waals surface area (Å²) in [6.07, 6.45) is 0. The Labute approximate surface area is 83.6 Å². The van der Waals surface area contributed by atoms with E-state index in [1.807, 2.05) is 26.0 Å². The molecule has 0 bridgehead atoms. The van der Waals surface area contributed by atoms with Crippen molar-refractivity contribution in [3.05, 3.63) is 28.8 Å². The second kappa shape index (κ2) is 3.56. The van der Waals surface area contributed by atoms with Crippen molar-refractivity contribution < 1.29 is 4.74 Å². The summed E-state index contributed by atoms with van der Waals surface area (Å²) in [5.41, 5.74) is 6.45. The third-order valence-corrected chi connectivity index (χ3v) is 2.16. The van der Waals surface area contributed by atoms with E-state index in [0.717, 1.165) is 5.56 Å². The minimum atomic E-state index is -0.434. The molecule has 0 fully saturated rings. The van der Waals surface area contributed by atoms with Gasteiger partial charge in [0.05, 0.1) is 12.1 Å². The molecule has 0 aliphatic heterocycles. The van der Waals surface area contributed by atoms with Gasteiger partial charge in [-0.2, -0.15) is 0 Å². The summed E-state index contributed by atoms with van der Waals surface area (Å²) in [5, 5.41) is 0.596. The fraction of sp³-hybridized carbons (Fsp3) is 0.400. The first kappa shape index (κ1) is 10.4. The van der Waals surface area contributed by atoms with Crippen molar-refractivity contribution in [2.24, 2.45) is 5.73 Å². The van der Waals surface area contributed by atoms with Gasteiger partial charge < -0.3 is 10.5 Å². The minimum Gasteiger partial charge on any atom is -0.495 e. The zero-order valence-electron chi connectivity index (χ0n) is 8.10. The van der Waals surface area contributed by atoms with E-state index < -0.39 is 5.54 Å². The zero-order valence-corrected chi connectivity index (χ0v) is 8.85. The second-order valence-electron chi connectivity index (χ2n) is 3.54. The third-order valence-electron chi connectivity index (χ3n) is 1.87. The van der Waals surface area contributed by atoms with Gasteiger partial charge in [-0.3, -0.25) is 0 Å². The maximum absolute atomic E-state index is 5.96. The summed E-state index contributed by atoms with van der Waals surface area (Å²) in [7, 11) is 1.59. The molecule has 0 saturated heterocycles. The smallest absolute Gasteiger partial charge is 0.142 e. The van der Waals surface area contributed by atoms with Gasteiger partial charge in [0, 0.05) is 11.1 Å². The first-order valence-electron chi connectivity index (χ1n) is 4.08. The van der Waals surface area contributed by atoms with Crippen LogP contribution in [0.25, 0.3) is 0 Å². The lowest BCUT2D eigenvalue weighted by Crippen LogP contribution is -2.29. The average Bonchev–Trinajstić information content (AvgIpc) is 2.02. The molecule has 1 aromatic carbocycles. The molecule has 0 heterocycles. The Hall–Kier alpha value is -0.730. The van der Waals surface area contributed by atoms with Gasteiger partial charge in [0.15, 0.2) is 0 Å². The molecule has 1 rings (SSSR count). The molecule has 0 amide bonds. The number of hydrogen-bond donors (Lipinski definition) is 1. The van der Waals surface area contributed by atoms with Crippen LogP contribution in [0.15, 0.2) is 18.2 Å². The summed E-state index contributed by atoms with van der Waals surface area (Å²) in [6, 6.07) is 5.58. The van der Waals surface area contributed by atoms with Crippen LogP contribution in [0.1, 0.15) is 19.4 Å². The van der Waals surface area contributed by atoms with Crippen LogP contribution in [0.4, 0.5) is 0 Å². The van der Waals surface area contributed by atoms with Crippen molar-refractivity contribution in [1.82, 2.24) is 0 Å². The van der Waals surface area contributed by atoms with Gasteiger partial charge in [0.25, 0.3) is 0 Å². The quantitative estimate of drug-likeness (QED) is 0.795. The molecule has 2 N–H and O–H groups in total. The van der Waals surface area contributed by atoms with Crippen LogP contribution in [0.3, 0.4) is 0 Å². The molecule has 0 aliphatic carbocycles. The fourth-order valence-electron chi connectivity index (χ4n) is 1.22. The van der Waals surface area contributed by atoms with E-state index in [1.165, 1.54) is 0 Å². The normalized spacial score (nSPS) is 11.5. The zero-order chi connectivity index (χ0) is 10.1. The summed E-state index contributed by atoms with van der Waals surface area (Å²) in [6.45, 7) is 3.84. The van der Waals surface area contributed by atoms with Crippen LogP contribution in [-0.2, 0) is 5.54 Å². The van der Waals surface area contributed by atoms with Crippen molar-refractivity contribution >= 4 is 11.6 Å². The predicted molar refractivity (Wildman–Crippen MR) is 55.2 cm³/mol. The molecule has 0 saturated carbocycles.